The zero-order chi connectivity index (χ0) is 19.5. The maximum absolute atomic E-state index is 5.99. The molecule has 0 aromatic heterocycles. The average molecular weight is 325 g/mol. The van der Waals surface area contributed by atoms with Crippen LogP contribution >= 0.6 is 0 Å². The molecule has 0 saturated heterocycles. The molecule has 1 unspecified atom stereocenters. The molecule has 25 heavy (non-hydrogen) atoms. The lowest BCUT2D eigenvalue weighted by Crippen LogP contribution is -2.74. The molecule has 122 valence electrons. The summed E-state index contributed by atoms with van der Waals surface area (Å²) in [6.07, 6.45) is 0. The molecule has 1 atom stereocenters. The molecule has 1 N–H and O–H groups in total. The van der Waals surface area contributed by atoms with Crippen molar-refractivity contribution < 1.29 is 9.47 Å². The topological polar surface area (TPSA) is 30.5 Å². The highest BCUT2D eigenvalue weighted by Gasteiger charge is 2.50. The quantitative estimate of drug-likeness (QED) is 0.546. The molecule has 0 aliphatic carbocycles. The Morgan fingerprint density at radius 2 is 1.40 bits per heavy atom. The minimum absolute atomic E-state index is 0.0115. The first-order chi connectivity index (χ1) is 11.0. The second-order valence-electron chi connectivity index (χ2n) is 10.6. The van der Waals surface area contributed by atoms with Crippen molar-refractivity contribution in [3.8, 4) is 11.5 Å². The van der Waals surface area contributed by atoms with Crippen LogP contribution in [0.3, 0.4) is 0 Å². The van der Waals surface area contributed by atoms with Crippen LogP contribution in [-0.2, 0) is 5.21 Å². The molecule has 1 aliphatic heterocycles. The van der Waals surface area contributed by atoms with E-state index in [0.29, 0.717) is 0 Å². The van der Waals surface area contributed by atoms with Gasteiger partial charge < -0.3 is 14.8 Å². The second kappa shape index (κ2) is 5.97. The van der Waals surface area contributed by atoms with Crippen LogP contribution in [0.1, 0.15) is 12.5 Å². The van der Waals surface area contributed by atoms with Crippen molar-refractivity contribution in [2.24, 2.45) is 0 Å². The summed E-state index contributed by atoms with van der Waals surface area (Å²) < 4.78 is 11.8. The normalized spacial score (nSPS) is 19.2. The first-order valence-electron chi connectivity index (χ1n) is 9.30. The van der Waals surface area contributed by atoms with Crippen LogP contribution in [0.4, 0.5) is 0 Å². The van der Waals surface area contributed by atoms with Gasteiger partial charge in [-0.2, -0.15) is 0 Å². The lowest BCUT2D eigenvalue weighted by atomic mass is 9.25. The molecular weight excluding hydrogens is 298 g/mol. The number of ether oxygens (including phenoxy) is 2. The molecule has 1 aliphatic rings. The van der Waals surface area contributed by atoms with E-state index in [0.717, 1.165) is 11.5 Å². The van der Waals surface area contributed by atoms with Gasteiger partial charge in [-0.3, -0.25) is 0 Å². The van der Waals surface area contributed by atoms with E-state index in [-0.39, 0.29) is 21.1 Å². The smallest absolute Gasteiger partial charge is 0.197 e. The molecule has 0 amide bonds. The van der Waals surface area contributed by atoms with Gasteiger partial charge in [-0.1, -0.05) is 34.2 Å². The molecule has 0 spiro atoms. The third-order valence-electron chi connectivity index (χ3n) is 5.75. The summed E-state index contributed by atoms with van der Waals surface area (Å²) in [6, 6.07) is 6.37. The Kier molecular flexibility index (Phi) is 4.95. The highest BCUT2D eigenvalue weighted by Crippen LogP contribution is 2.45. The fourth-order valence-corrected chi connectivity index (χ4v) is 3.93. The zero-order valence-electron chi connectivity index (χ0n) is 18.0. The monoisotopic (exact) mass is 327 g/mol. The van der Waals surface area contributed by atoms with E-state index >= 15 is 0 Å². The maximum Gasteiger partial charge on any atom is 0.197 e. The third-order valence-corrected chi connectivity index (χ3v) is 5.75. The number of benzene rings is 1. The predicted octanol–water partition coefficient (Wildman–Crippen LogP) is -8.41. The minimum atomic E-state index is -0.595. The Labute approximate surface area is 162 Å². The van der Waals surface area contributed by atoms with Gasteiger partial charge in [-0.15, -0.1) is 0 Å². The van der Waals surface area contributed by atoms with Gasteiger partial charge in [0.15, 0.2) is 32.8 Å². The van der Waals surface area contributed by atoms with Gasteiger partial charge in [0.1, 0.15) is 62.8 Å². The van der Waals surface area contributed by atoms with Crippen LogP contribution in [0.15, 0.2) is 18.2 Å². The first kappa shape index (κ1) is 20.7. The summed E-state index contributed by atoms with van der Waals surface area (Å²) in [6.45, 7) is 2.31. The van der Waals surface area contributed by atoms with Gasteiger partial charge in [-0.25, -0.2) is 0 Å². The molecule has 0 saturated carbocycles. The largest absolute Gasteiger partial charge is 0.467 e. The van der Waals surface area contributed by atoms with Crippen molar-refractivity contribution in [1.82, 2.24) is 5.32 Å². The maximum atomic E-state index is 5.99. The second-order valence-corrected chi connectivity index (χ2v) is 10.6. The highest BCUT2D eigenvalue weighted by molar-refractivity contribution is 6.60. The SMILES string of the molecule is BC(B)(B)NC(B)(C(B)(B)C)C(B)(B)c1ccc2c(c1)OC(B)(B)O2. The summed E-state index contributed by atoms with van der Waals surface area (Å²) in [5.74, 6) is 1.66. The molecular formula is C12H27B10NO2. The average Bonchev–Trinajstić information content (AvgIpc) is 2.67. The predicted molar refractivity (Wildman–Crippen MR) is 135 cm³/mol. The van der Waals surface area contributed by atoms with E-state index in [9.17, 15) is 0 Å². The van der Waals surface area contributed by atoms with Crippen LogP contribution < -0.4 is 14.8 Å². The van der Waals surface area contributed by atoms with Crippen LogP contribution in [0.25, 0.3) is 0 Å². The first-order valence-corrected chi connectivity index (χ1v) is 9.30. The van der Waals surface area contributed by atoms with Gasteiger partial charge in [0, 0.05) is 0 Å². The number of hydrogen-bond acceptors (Lipinski definition) is 3. The molecule has 0 radical (unpaired) electrons. The van der Waals surface area contributed by atoms with E-state index in [4.69, 9.17) is 9.47 Å². The van der Waals surface area contributed by atoms with Crippen LogP contribution in [-0.4, -0.2) is 94.7 Å². The zero-order valence-corrected chi connectivity index (χ0v) is 18.0. The van der Waals surface area contributed by atoms with E-state index in [1.165, 1.54) is 5.56 Å². The summed E-state index contributed by atoms with van der Waals surface area (Å²) in [5.41, 5.74) is 0.519. The van der Waals surface area contributed by atoms with E-state index in [1.807, 2.05) is 21.8 Å². The van der Waals surface area contributed by atoms with Crippen molar-refractivity contribution in [3.05, 3.63) is 23.8 Å². The Hall–Kier alpha value is -0.571. The van der Waals surface area contributed by atoms with Crippen molar-refractivity contribution >= 4 is 78.5 Å². The standard InChI is InChI=1S/C12H27B10NO2/c1-8(13,14)10(17,23-11(18,19)20)9(15,16)5-2-3-6-7(4-5)25-12(21,22)24-6/h2-4,23H,13-22H2,1H3. The molecule has 0 fully saturated rings. The number of hydrogen-bond donors (Lipinski definition) is 1. The number of rotatable bonds is 5. The lowest BCUT2D eigenvalue weighted by molar-refractivity contribution is 0.0833. The summed E-state index contributed by atoms with van der Waals surface area (Å²) in [7, 11) is 22.2. The molecule has 3 nitrogen and oxygen atoms in total. The van der Waals surface area contributed by atoms with E-state index < -0.39 is 5.59 Å². The highest BCUT2D eigenvalue weighted by atomic mass is 16.7. The Morgan fingerprint density at radius 1 is 0.880 bits per heavy atom. The molecule has 13 heteroatoms. The summed E-state index contributed by atoms with van der Waals surface area (Å²) >= 11 is 0. The van der Waals surface area contributed by atoms with Gasteiger partial charge in [-0.05, 0) is 17.6 Å². The van der Waals surface area contributed by atoms with Crippen molar-refractivity contribution in [2.45, 2.75) is 33.6 Å². The summed E-state index contributed by atoms with van der Waals surface area (Å²) in [5, 5.41) is 3.87. The van der Waals surface area contributed by atoms with Crippen LogP contribution in [0.5, 0.6) is 11.5 Å². The minimum Gasteiger partial charge on any atom is -0.467 e. The lowest BCUT2D eigenvalue weighted by Gasteiger charge is -2.58. The van der Waals surface area contributed by atoms with Gasteiger partial charge in [0.25, 0.3) is 0 Å². The van der Waals surface area contributed by atoms with E-state index in [2.05, 4.69) is 87.1 Å². The third kappa shape index (κ3) is 3.91. The molecule has 1 heterocycles. The molecule has 0 bridgehead atoms. The van der Waals surface area contributed by atoms with Gasteiger partial charge >= 0.3 is 0 Å². The van der Waals surface area contributed by atoms with Crippen LogP contribution in [0.2, 0.25) is 5.21 Å². The van der Waals surface area contributed by atoms with Crippen LogP contribution in [0, 0.1) is 0 Å². The van der Waals surface area contributed by atoms with Crippen molar-refractivity contribution in [3.63, 3.8) is 0 Å². The molecule has 1 aromatic carbocycles. The number of fused-ring (bicyclic) bond motifs is 1. The van der Waals surface area contributed by atoms with Crippen molar-refractivity contribution in [2.75, 3.05) is 0 Å². The van der Waals surface area contributed by atoms with Gasteiger partial charge in [0.05, 0.1) is 0 Å². The molecule has 1 aromatic rings. The Balaban J connectivity index is 2.52. The fraction of sp³-hybridized carbons (Fsp3) is 0.500. The van der Waals surface area contributed by atoms with E-state index in [1.54, 1.807) is 0 Å². The van der Waals surface area contributed by atoms with Crippen molar-refractivity contribution in [1.29, 1.82) is 0 Å². The fourth-order valence-electron chi connectivity index (χ4n) is 3.93. The van der Waals surface area contributed by atoms with Gasteiger partial charge in [0.2, 0.25) is 0 Å². The number of nitrogens with one attached hydrogen (secondary N) is 1. The Bertz CT molecular complexity index is 669. The Morgan fingerprint density at radius 3 is 1.88 bits per heavy atom. The summed E-state index contributed by atoms with van der Waals surface area (Å²) in [4.78, 5) is 0. The molecule has 2 rings (SSSR count).